The Balaban J connectivity index is 2.47. The van der Waals surface area contributed by atoms with Crippen LogP contribution >= 0.6 is 0 Å². The summed E-state index contributed by atoms with van der Waals surface area (Å²) >= 11 is 0. The Morgan fingerprint density at radius 3 is 2.48 bits per heavy atom. The summed E-state index contributed by atoms with van der Waals surface area (Å²) in [5.41, 5.74) is 1.05. The van der Waals surface area contributed by atoms with Crippen molar-refractivity contribution in [2.45, 2.75) is 51.2 Å². The third-order valence-electron chi connectivity index (χ3n) is 3.60. The van der Waals surface area contributed by atoms with E-state index in [4.69, 9.17) is 5.11 Å². The van der Waals surface area contributed by atoms with Gasteiger partial charge in [0.15, 0.2) is 0 Å². The van der Waals surface area contributed by atoms with Gasteiger partial charge in [-0.25, -0.2) is 4.79 Å². The maximum atomic E-state index is 11.9. The van der Waals surface area contributed by atoms with Gasteiger partial charge >= 0.3 is 12.0 Å². The molecule has 0 fully saturated rings. The number of rotatable bonds is 10. The molecule has 128 valence electrons. The van der Waals surface area contributed by atoms with E-state index in [1.54, 1.807) is 0 Å². The van der Waals surface area contributed by atoms with Gasteiger partial charge in [-0.15, -0.1) is 0 Å². The maximum Gasteiger partial charge on any atom is 0.315 e. The zero-order chi connectivity index (χ0) is 17.1. The van der Waals surface area contributed by atoms with Crippen molar-refractivity contribution < 1.29 is 19.8 Å². The molecule has 1 aromatic carbocycles. The molecule has 0 bridgehead atoms. The maximum absolute atomic E-state index is 11.9. The van der Waals surface area contributed by atoms with Crippen LogP contribution in [0.15, 0.2) is 30.3 Å². The van der Waals surface area contributed by atoms with Crippen molar-refractivity contribution >= 4 is 12.0 Å². The summed E-state index contributed by atoms with van der Waals surface area (Å²) in [7, 11) is 0. The van der Waals surface area contributed by atoms with Gasteiger partial charge in [-0.3, -0.25) is 4.79 Å². The molecular weight excluding hydrogens is 296 g/mol. The van der Waals surface area contributed by atoms with Crippen LogP contribution < -0.4 is 10.6 Å². The van der Waals surface area contributed by atoms with Crippen LogP contribution in [0.5, 0.6) is 0 Å². The molecule has 2 atom stereocenters. The number of hydrogen-bond acceptors (Lipinski definition) is 3. The largest absolute Gasteiger partial charge is 0.481 e. The number of benzene rings is 1. The summed E-state index contributed by atoms with van der Waals surface area (Å²) in [6.45, 7) is 2.27. The van der Waals surface area contributed by atoms with Crippen molar-refractivity contribution in [3.8, 4) is 0 Å². The number of amides is 2. The van der Waals surface area contributed by atoms with Crippen LogP contribution in [0.25, 0.3) is 0 Å². The molecule has 2 amide bonds. The minimum Gasteiger partial charge on any atom is -0.481 e. The molecule has 0 saturated carbocycles. The molecule has 4 N–H and O–H groups in total. The van der Waals surface area contributed by atoms with Crippen LogP contribution in [0.3, 0.4) is 0 Å². The highest BCUT2D eigenvalue weighted by Crippen LogP contribution is 2.08. The number of carbonyl (C=O) groups is 2. The van der Waals surface area contributed by atoms with E-state index in [9.17, 15) is 14.7 Å². The van der Waals surface area contributed by atoms with E-state index in [2.05, 4.69) is 10.6 Å². The molecule has 0 aliphatic rings. The number of carbonyl (C=O) groups excluding carboxylic acids is 1. The van der Waals surface area contributed by atoms with E-state index in [-0.39, 0.29) is 18.5 Å². The first-order valence-electron chi connectivity index (χ1n) is 7.99. The fraction of sp³-hybridized carbons (Fsp3) is 0.529. The Morgan fingerprint density at radius 2 is 1.87 bits per heavy atom. The van der Waals surface area contributed by atoms with Crippen LogP contribution in [0.2, 0.25) is 0 Å². The van der Waals surface area contributed by atoms with Crippen LogP contribution in [0.1, 0.15) is 38.2 Å². The topological polar surface area (TPSA) is 98.7 Å². The van der Waals surface area contributed by atoms with Crippen molar-refractivity contribution in [2.24, 2.45) is 0 Å². The second-order valence-electron chi connectivity index (χ2n) is 5.57. The number of hydrogen-bond donors (Lipinski definition) is 4. The Morgan fingerprint density at radius 1 is 1.17 bits per heavy atom. The molecule has 6 nitrogen and oxygen atoms in total. The van der Waals surface area contributed by atoms with E-state index >= 15 is 0 Å². The molecule has 0 saturated heterocycles. The van der Waals surface area contributed by atoms with Crippen molar-refractivity contribution in [3.05, 3.63) is 35.9 Å². The van der Waals surface area contributed by atoms with Gasteiger partial charge in [0.05, 0.1) is 6.10 Å². The van der Waals surface area contributed by atoms with Crippen molar-refractivity contribution in [3.63, 3.8) is 0 Å². The minimum absolute atomic E-state index is 0.00628. The van der Waals surface area contributed by atoms with Gasteiger partial charge in [0.25, 0.3) is 0 Å². The zero-order valence-electron chi connectivity index (χ0n) is 13.5. The summed E-state index contributed by atoms with van der Waals surface area (Å²) in [6, 6.07) is 9.06. The number of urea groups is 1. The van der Waals surface area contributed by atoms with Gasteiger partial charge < -0.3 is 20.8 Å². The summed E-state index contributed by atoms with van der Waals surface area (Å²) in [4.78, 5) is 22.7. The predicted octanol–water partition coefficient (Wildman–Crippen LogP) is 1.92. The summed E-state index contributed by atoms with van der Waals surface area (Å²) in [5, 5.41) is 23.8. The molecule has 6 heteroatoms. The molecule has 0 radical (unpaired) electrons. The van der Waals surface area contributed by atoms with Gasteiger partial charge in [0, 0.05) is 19.0 Å². The summed E-state index contributed by atoms with van der Waals surface area (Å²) < 4.78 is 0. The van der Waals surface area contributed by atoms with Gasteiger partial charge in [-0.2, -0.15) is 0 Å². The van der Waals surface area contributed by atoms with Crippen LogP contribution in [-0.2, 0) is 11.2 Å². The second kappa shape index (κ2) is 10.6. The van der Waals surface area contributed by atoms with E-state index < -0.39 is 12.1 Å². The van der Waals surface area contributed by atoms with E-state index in [1.807, 2.05) is 37.3 Å². The van der Waals surface area contributed by atoms with E-state index in [1.165, 1.54) is 0 Å². The molecule has 0 aromatic heterocycles. The average Bonchev–Trinajstić information content (AvgIpc) is 2.53. The van der Waals surface area contributed by atoms with Crippen molar-refractivity contribution in [2.75, 3.05) is 6.54 Å². The highest BCUT2D eigenvalue weighted by atomic mass is 16.4. The number of carboxylic acid groups (broad SMARTS) is 1. The quantitative estimate of drug-likeness (QED) is 0.529. The zero-order valence-corrected chi connectivity index (χ0v) is 13.5. The fourth-order valence-corrected chi connectivity index (χ4v) is 2.21. The first kappa shape index (κ1) is 19.0. The third kappa shape index (κ3) is 8.83. The highest BCUT2D eigenvalue weighted by molar-refractivity contribution is 5.74. The Hall–Kier alpha value is -2.08. The molecule has 0 aliphatic heterocycles. The smallest absolute Gasteiger partial charge is 0.315 e. The number of aliphatic carboxylic acids is 1. The monoisotopic (exact) mass is 322 g/mol. The highest BCUT2D eigenvalue weighted by Gasteiger charge is 2.14. The number of aliphatic hydroxyl groups is 1. The molecule has 0 heterocycles. The first-order valence-corrected chi connectivity index (χ1v) is 7.99. The summed E-state index contributed by atoms with van der Waals surface area (Å²) in [5.74, 6) is -0.878. The lowest BCUT2D eigenvalue weighted by atomic mass is 10.0. The molecule has 1 aromatic rings. The third-order valence-corrected chi connectivity index (χ3v) is 3.60. The molecule has 23 heavy (non-hydrogen) atoms. The van der Waals surface area contributed by atoms with Crippen LogP contribution in [-0.4, -0.2) is 40.9 Å². The Bertz CT molecular complexity index is 479. The number of aliphatic hydroxyl groups excluding tert-OH is 1. The first-order chi connectivity index (χ1) is 11.0. The molecular formula is C17H26N2O4. The second-order valence-corrected chi connectivity index (χ2v) is 5.57. The molecule has 2 unspecified atom stereocenters. The molecule has 0 spiro atoms. The standard InChI is InChI=1S/C17H26N2O4/c1-2-15(20)10-11-18-17(23)19-14(8-9-16(21)22)12-13-6-4-3-5-7-13/h3-7,14-15,20H,2,8-12H2,1H3,(H,21,22)(H2,18,19,23). The number of nitrogens with one attached hydrogen (secondary N) is 2. The average molecular weight is 322 g/mol. The van der Waals surface area contributed by atoms with Crippen LogP contribution in [0.4, 0.5) is 4.79 Å². The van der Waals surface area contributed by atoms with Gasteiger partial charge in [0.2, 0.25) is 0 Å². The normalized spacial score (nSPS) is 13.1. The number of carboxylic acids is 1. The van der Waals surface area contributed by atoms with Gasteiger partial charge in [0.1, 0.15) is 0 Å². The van der Waals surface area contributed by atoms with E-state index in [0.717, 1.165) is 5.56 Å². The lowest BCUT2D eigenvalue weighted by Gasteiger charge is -2.19. The Kier molecular flexibility index (Phi) is 8.75. The fourth-order valence-electron chi connectivity index (χ4n) is 2.21. The SMILES string of the molecule is CCC(O)CCNC(=O)NC(CCC(=O)O)Cc1ccccc1. The van der Waals surface area contributed by atoms with Crippen LogP contribution in [0, 0.1) is 0 Å². The lowest BCUT2D eigenvalue weighted by molar-refractivity contribution is -0.137. The molecule has 1 rings (SSSR count). The molecule has 0 aliphatic carbocycles. The van der Waals surface area contributed by atoms with E-state index in [0.29, 0.717) is 32.2 Å². The minimum atomic E-state index is -0.878. The van der Waals surface area contributed by atoms with Crippen molar-refractivity contribution in [1.29, 1.82) is 0 Å². The van der Waals surface area contributed by atoms with Gasteiger partial charge in [-0.05, 0) is 31.2 Å². The van der Waals surface area contributed by atoms with Crippen molar-refractivity contribution in [1.82, 2.24) is 10.6 Å². The Labute approximate surface area is 136 Å². The lowest BCUT2D eigenvalue weighted by Crippen LogP contribution is -2.44. The summed E-state index contributed by atoms with van der Waals surface area (Å²) in [6.07, 6.45) is 1.70. The van der Waals surface area contributed by atoms with Gasteiger partial charge in [-0.1, -0.05) is 37.3 Å². The predicted molar refractivity (Wildman–Crippen MR) is 88.3 cm³/mol.